The summed E-state index contributed by atoms with van der Waals surface area (Å²) in [5.74, 6) is 0. The van der Waals surface area contributed by atoms with Crippen molar-refractivity contribution in [1.29, 1.82) is 0 Å². The highest BCUT2D eigenvalue weighted by molar-refractivity contribution is 5.24. The molecule has 1 aliphatic rings. The SMILES string of the molecule is Cc1cccc([C@@H](C)NC2CCCN(C(C)C)CC2)c1. The Balaban J connectivity index is 1.90. The van der Waals surface area contributed by atoms with Crippen molar-refractivity contribution in [3.05, 3.63) is 35.4 Å². The Bertz CT molecular complexity index is 414. The summed E-state index contributed by atoms with van der Waals surface area (Å²) in [5, 5.41) is 3.84. The van der Waals surface area contributed by atoms with Crippen LogP contribution < -0.4 is 5.32 Å². The molecule has 0 amide bonds. The Morgan fingerprint density at radius 2 is 1.95 bits per heavy atom. The lowest BCUT2D eigenvalue weighted by Gasteiger charge is -2.25. The first-order chi connectivity index (χ1) is 9.56. The highest BCUT2D eigenvalue weighted by atomic mass is 15.1. The van der Waals surface area contributed by atoms with Crippen molar-refractivity contribution in [3.8, 4) is 0 Å². The van der Waals surface area contributed by atoms with Crippen LogP contribution in [0.25, 0.3) is 0 Å². The number of hydrogen-bond acceptors (Lipinski definition) is 2. The molecule has 0 aromatic heterocycles. The molecule has 2 rings (SSSR count). The van der Waals surface area contributed by atoms with Crippen molar-refractivity contribution in [2.75, 3.05) is 13.1 Å². The van der Waals surface area contributed by atoms with Crippen molar-refractivity contribution >= 4 is 0 Å². The molecule has 0 radical (unpaired) electrons. The van der Waals surface area contributed by atoms with E-state index in [1.54, 1.807) is 0 Å². The van der Waals surface area contributed by atoms with Gasteiger partial charge in [-0.2, -0.15) is 0 Å². The summed E-state index contributed by atoms with van der Waals surface area (Å²) in [4.78, 5) is 2.61. The molecule has 1 aromatic rings. The van der Waals surface area contributed by atoms with Gasteiger partial charge in [-0.15, -0.1) is 0 Å². The zero-order valence-electron chi connectivity index (χ0n) is 13.5. The normalized spacial score (nSPS) is 22.8. The maximum atomic E-state index is 3.84. The van der Waals surface area contributed by atoms with Crippen LogP contribution in [0.2, 0.25) is 0 Å². The van der Waals surface area contributed by atoms with Gasteiger partial charge in [0.05, 0.1) is 0 Å². The van der Waals surface area contributed by atoms with Gasteiger partial charge in [-0.25, -0.2) is 0 Å². The smallest absolute Gasteiger partial charge is 0.0294 e. The second-order valence-electron chi connectivity index (χ2n) is 6.56. The van der Waals surface area contributed by atoms with E-state index in [0.717, 1.165) is 0 Å². The average Bonchev–Trinajstić information content (AvgIpc) is 2.64. The molecule has 20 heavy (non-hydrogen) atoms. The van der Waals surface area contributed by atoms with Gasteiger partial charge < -0.3 is 10.2 Å². The molecule has 0 aliphatic carbocycles. The van der Waals surface area contributed by atoms with Gasteiger partial charge in [0.25, 0.3) is 0 Å². The zero-order valence-corrected chi connectivity index (χ0v) is 13.5. The molecule has 2 heteroatoms. The number of hydrogen-bond donors (Lipinski definition) is 1. The van der Waals surface area contributed by atoms with Gasteiger partial charge in [0.15, 0.2) is 0 Å². The highest BCUT2D eigenvalue weighted by Crippen LogP contribution is 2.19. The van der Waals surface area contributed by atoms with Crippen LogP contribution in [0.1, 0.15) is 57.2 Å². The Labute approximate surface area is 124 Å². The zero-order chi connectivity index (χ0) is 14.5. The lowest BCUT2D eigenvalue weighted by Crippen LogP contribution is -2.35. The third-order valence-electron chi connectivity index (χ3n) is 4.52. The molecule has 0 saturated carbocycles. The van der Waals surface area contributed by atoms with E-state index in [2.05, 4.69) is 62.2 Å². The Morgan fingerprint density at radius 1 is 1.15 bits per heavy atom. The van der Waals surface area contributed by atoms with E-state index >= 15 is 0 Å². The lowest BCUT2D eigenvalue weighted by atomic mass is 10.0. The predicted molar refractivity (Wildman–Crippen MR) is 87.1 cm³/mol. The summed E-state index contributed by atoms with van der Waals surface area (Å²) in [6.07, 6.45) is 3.89. The Kier molecular flexibility index (Phi) is 5.62. The molecular formula is C18H30N2. The van der Waals surface area contributed by atoms with Crippen LogP contribution >= 0.6 is 0 Å². The maximum absolute atomic E-state index is 3.84. The fraction of sp³-hybridized carbons (Fsp3) is 0.667. The Hall–Kier alpha value is -0.860. The standard InChI is InChI=1S/C18H30N2/c1-14(2)20-11-6-9-18(10-12-20)19-16(4)17-8-5-7-15(3)13-17/h5,7-8,13-14,16,18-19H,6,9-12H2,1-4H3/t16-,18?/m1/s1. The number of likely N-dealkylation sites (tertiary alicyclic amines) is 1. The average molecular weight is 274 g/mol. The lowest BCUT2D eigenvalue weighted by molar-refractivity contribution is 0.228. The fourth-order valence-electron chi connectivity index (χ4n) is 3.19. The summed E-state index contributed by atoms with van der Waals surface area (Å²) in [6.45, 7) is 11.6. The molecular weight excluding hydrogens is 244 g/mol. The molecule has 0 bridgehead atoms. The van der Waals surface area contributed by atoms with E-state index in [-0.39, 0.29) is 0 Å². The van der Waals surface area contributed by atoms with E-state index in [0.29, 0.717) is 18.1 Å². The predicted octanol–water partition coefficient (Wildman–Crippen LogP) is 3.91. The van der Waals surface area contributed by atoms with Crippen molar-refractivity contribution in [2.45, 2.75) is 65.1 Å². The van der Waals surface area contributed by atoms with Crippen molar-refractivity contribution in [1.82, 2.24) is 10.2 Å². The molecule has 1 saturated heterocycles. The number of benzene rings is 1. The summed E-state index contributed by atoms with van der Waals surface area (Å²) in [6, 6.07) is 10.7. The molecule has 1 N–H and O–H groups in total. The topological polar surface area (TPSA) is 15.3 Å². The van der Waals surface area contributed by atoms with Crippen LogP contribution in [0.5, 0.6) is 0 Å². The summed E-state index contributed by atoms with van der Waals surface area (Å²) >= 11 is 0. The molecule has 2 nitrogen and oxygen atoms in total. The Morgan fingerprint density at radius 3 is 2.65 bits per heavy atom. The van der Waals surface area contributed by atoms with E-state index in [4.69, 9.17) is 0 Å². The first-order valence-electron chi connectivity index (χ1n) is 8.13. The molecule has 1 aromatic carbocycles. The van der Waals surface area contributed by atoms with Crippen molar-refractivity contribution < 1.29 is 0 Å². The fourth-order valence-corrected chi connectivity index (χ4v) is 3.19. The molecule has 0 spiro atoms. The quantitative estimate of drug-likeness (QED) is 0.895. The second kappa shape index (κ2) is 7.24. The van der Waals surface area contributed by atoms with E-state index in [1.807, 2.05) is 0 Å². The highest BCUT2D eigenvalue weighted by Gasteiger charge is 2.20. The minimum Gasteiger partial charge on any atom is -0.307 e. The van der Waals surface area contributed by atoms with E-state index < -0.39 is 0 Å². The summed E-state index contributed by atoms with van der Waals surface area (Å²) in [5.41, 5.74) is 2.76. The first kappa shape index (κ1) is 15.5. The molecule has 112 valence electrons. The van der Waals surface area contributed by atoms with E-state index in [1.165, 1.54) is 43.5 Å². The van der Waals surface area contributed by atoms with Gasteiger partial charge in [0.2, 0.25) is 0 Å². The number of aryl methyl sites for hydroxylation is 1. The summed E-state index contributed by atoms with van der Waals surface area (Å²) in [7, 11) is 0. The van der Waals surface area contributed by atoms with E-state index in [9.17, 15) is 0 Å². The van der Waals surface area contributed by atoms with Gasteiger partial charge in [-0.05, 0) is 65.6 Å². The largest absolute Gasteiger partial charge is 0.307 e. The third kappa shape index (κ3) is 4.32. The number of nitrogens with one attached hydrogen (secondary N) is 1. The first-order valence-corrected chi connectivity index (χ1v) is 8.13. The minimum absolute atomic E-state index is 0.450. The number of rotatable bonds is 4. The van der Waals surface area contributed by atoms with Crippen LogP contribution in [0.15, 0.2) is 24.3 Å². The summed E-state index contributed by atoms with van der Waals surface area (Å²) < 4.78 is 0. The minimum atomic E-state index is 0.450. The van der Waals surface area contributed by atoms with Gasteiger partial charge in [0.1, 0.15) is 0 Å². The van der Waals surface area contributed by atoms with Gasteiger partial charge in [0, 0.05) is 18.1 Å². The van der Waals surface area contributed by atoms with Crippen LogP contribution in [-0.2, 0) is 0 Å². The molecule has 1 unspecified atom stereocenters. The van der Waals surface area contributed by atoms with Crippen LogP contribution in [0.4, 0.5) is 0 Å². The second-order valence-corrected chi connectivity index (χ2v) is 6.56. The number of nitrogens with zero attached hydrogens (tertiary/aromatic N) is 1. The monoisotopic (exact) mass is 274 g/mol. The molecule has 1 aliphatic heterocycles. The van der Waals surface area contributed by atoms with Crippen LogP contribution in [0.3, 0.4) is 0 Å². The maximum Gasteiger partial charge on any atom is 0.0294 e. The third-order valence-corrected chi connectivity index (χ3v) is 4.52. The van der Waals surface area contributed by atoms with Crippen LogP contribution in [0, 0.1) is 6.92 Å². The van der Waals surface area contributed by atoms with Gasteiger partial charge in [-0.1, -0.05) is 29.8 Å². The van der Waals surface area contributed by atoms with Gasteiger partial charge in [-0.3, -0.25) is 0 Å². The van der Waals surface area contributed by atoms with Crippen molar-refractivity contribution in [2.24, 2.45) is 0 Å². The molecule has 1 heterocycles. The van der Waals surface area contributed by atoms with Crippen molar-refractivity contribution in [3.63, 3.8) is 0 Å². The van der Waals surface area contributed by atoms with Crippen LogP contribution in [-0.4, -0.2) is 30.1 Å². The van der Waals surface area contributed by atoms with Gasteiger partial charge >= 0.3 is 0 Å². The molecule has 2 atom stereocenters. The molecule has 1 fully saturated rings.